The van der Waals surface area contributed by atoms with Crippen LogP contribution in [-0.4, -0.2) is 43.3 Å². The van der Waals surface area contributed by atoms with Crippen molar-refractivity contribution in [2.75, 3.05) is 20.2 Å². The first-order chi connectivity index (χ1) is 7.79. The molecule has 1 saturated carbocycles. The summed E-state index contributed by atoms with van der Waals surface area (Å²) in [6.07, 6.45) is 7.32. The number of carbonyl (C=O) groups is 1. The lowest BCUT2D eigenvalue weighted by molar-refractivity contribution is 0.110. The van der Waals surface area contributed by atoms with Gasteiger partial charge in [0, 0.05) is 26.2 Å². The van der Waals surface area contributed by atoms with Gasteiger partial charge >= 0.3 is 6.03 Å². The van der Waals surface area contributed by atoms with Crippen molar-refractivity contribution in [1.82, 2.24) is 10.2 Å². The first-order valence-electron chi connectivity index (χ1n) is 6.38. The summed E-state index contributed by atoms with van der Waals surface area (Å²) in [5.74, 6) is 0. The minimum Gasteiger partial charge on any atom is -0.380 e. The summed E-state index contributed by atoms with van der Waals surface area (Å²) in [6, 6.07) is 0.509. The van der Waals surface area contributed by atoms with Crippen LogP contribution in [0.2, 0.25) is 0 Å². The largest absolute Gasteiger partial charge is 0.380 e. The van der Waals surface area contributed by atoms with Crippen molar-refractivity contribution in [2.24, 2.45) is 0 Å². The quantitative estimate of drug-likeness (QED) is 0.779. The van der Waals surface area contributed by atoms with Crippen molar-refractivity contribution >= 4 is 6.03 Å². The van der Waals surface area contributed by atoms with Gasteiger partial charge < -0.3 is 15.0 Å². The molecule has 0 aromatic heterocycles. The standard InChI is InChI=1S/C12H22N2O2/c1-16-11-7-8-14(9-11)12(15)13-10-5-3-2-4-6-10/h10-11H,2-9H2,1H3,(H,13,15). The Morgan fingerprint density at radius 1 is 1.25 bits per heavy atom. The number of rotatable bonds is 2. The number of nitrogens with zero attached hydrogens (tertiary/aromatic N) is 1. The van der Waals surface area contributed by atoms with Gasteiger partial charge in [0.15, 0.2) is 0 Å². The van der Waals surface area contributed by atoms with Crippen LogP contribution < -0.4 is 5.32 Å². The topological polar surface area (TPSA) is 41.6 Å². The molecule has 0 radical (unpaired) electrons. The van der Waals surface area contributed by atoms with E-state index in [4.69, 9.17) is 4.74 Å². The first-order valence-corrected chi connectivity index (χ1v) is 6.38. The summed E-state index contributed by atoms with van der Waals surface area (Å²) in [5, 5.41) is 3.14. The van der Waals surface area contributed by atoms with Crippen molar-refractivity contribution in [2.45, 2.75) is 50.7 Å². The van der Waals surface area contributed by atoms with E-state index in [0.29, 0.717) is 6.04 Å². The molecule has 4 heteroatoms. The predicted octanol–water partition coefficient (Wildman–Crippen LogP) is 1.75. The van der Waals surface area contributed by atoms with E-state index in [9.17, 15) is 4.79 Å². The van der Waals surface area contributed by atoms with Crippen LogP contribution in [-0.2, 0) is 4.74 Å². The lowest BCUT2D eigenvalue weighted by Gasteiger charge is -2.26. The van der Waals surface area contributed by atoms with Gasteiger partial charge in [-0.2, -0.15) is 0 Å². The smallest absolute Gasteiger partial charge is 0.317 e. The molecular formula is C12H22N2O2. The molecule has 92 valence electrons. The molecule has 0 aromatic rings. The third-order valence-electron chi connectivity index (χ3n) is 3.70. The zero-order chi connectivity index (χ0) is 11.4. The van der Waals surface area contributed by atoms with E-state index in [1.807, 2.05) is 4.90 Å². The highest BCUT2D eigenvalue weighted by molar-refractivity contribution is 5.74. The molecule has 1 aliphatic heterocycles. The molecular weight excluding hydrogens is 204 g/mol. The molecule has 1 aliphatic carbocycles. The molecule has 4 nitrogen and oxygen atoms in total. The van der Waals surface area contributed by atoms with E-state index >= 15 is 0 Å². The Morgan fingerprint density at radius 3 is 2.62 bits per heavy atom. The fourth-order valence-electron chi connectivity index (χ4n) is 2.62. The summed E-state index contributed by atoms with van der Waals surface area (Å²) in [6.45, 7) is 1.58. The number of amides is 2. The molecule has 1 N–H and O–H groups in total. The van der Waals surface area contributed by atoms with Gasteiger partial charge in [-0.3, -0.25) is 0 Å². The maximum Gasteiger partial charge on any atom is 0.317 e. The predicted molar refractivity (Wildman–Crippen MR) is 62.4 cm³/mol. The summed E-state index contributed by atoms with van der Waals surface area (Å²) < 4.78 is 5.26. The van der Waals surface area contributed by atoms with Crippen LogP contribution >= 0.6 is 0 Å². The number of ether oxygens (including phenoxy) is 1. The van der Waals surface area contributed by atoms with Crippen LogP contribution in [0.5, 0.6) is 0 Å². The van der Waals surface area contributed by atoms with Crippen LogP contribution in [0.3, 0.4) is 0 Å². The summed E-state index contributed by atoms with van der Waals surface area (Å²) >= 11 is 0. The van der Waals surface area contributed by atoms with Gasteiger partial charge in [-0.25, -0.2) is 4.79 Å². The summed E-state index contributed by atoms with van der Waals surface area (Å²) in [4.78, 5) is 13.8. The molecule has 1 unspecified atom stereocenters. The van der Waals surface area contributed by atoms with Gasteiger partial charge in [-0.1, -0.05) is 19.3 Å². The fourth-order valence-corrected chi connectivity index (χ4v) is 2.62. The van der Waals surface area contributed by atoms with Crippen LogP contribution in [0, 0.1) is 0 Å². The number of nitrogens with one attached hydrogen (secondary N) is 1. The van der Waals surface area contributed by atoms with E-state index in [2.05, 4.69) is 5.32 Å². The van der Waals surface area contributed by atoms with Gasteiger partial charge in [0.25, 0.3) is 0 Å². The van der Waals surface area contributed by atoms with Gasteiger partial charge in [0.05, 0.1) is 6.10 Å². The summed E-state index contributed by atoms with van der Waals surface area (Å²) in [7, 11) is 1.72. The zero-order valence-electron chi connectivity index (χ0n) is 10.1. The van der Waals surface area contributed by atoms with Gasteiger partial charge in [0.1, 0.15) is 0 Å². The number of hydrogen-bond donors (Lipinski definition) is 1. The normalized spacial score (nSPS) is 27.1. The van der Waals surface area contributed by atoms with Crippen molar-refractivity contribution in [3.05, 3.63) is 0 Å². The Bertz CT molecular complexity index is 239. The lowest BCUT2D eigenvalue weighted by atomic mass is 9.96. The number of likely N-dealkylation sites (tertiary alicyclic amines) is 1. The van der Waals surface area contributed by atoms with Gasteiger partial charge in [-0.05, 0) is 19.3 Å². The minimum absolute atomic E-state index is 0.103. The molecule has 2 fully saturated rings. The van der Waals surface area contributed by atoms with Gasteiger partial charge in [0.2, 0.25) is 0 Å². The van der Waals surface area contributed by atoms with E-state index < -0.39 is 0 Å². The molecule has 1 atom stereocenters. The number of carbonyl (C=O) groups excluding carboxylic acids is 1. The van der Waals surface area contributed by atoms with Crippen molar-refractivity contribution in [3.8, 4) is 0 Å². The minimum atomic E-state index is 0.103. The Balaban J connectivity index is 1.75. The van der Waals surface area contributed by atoms with E-state index in [-0.39, 0.29) is 12.1 Å². The van der Waals surface area contributed by atoms with Gasteiger partial charge in [-0.15, -0.1) is 0 Å². The van der Waals surface area contributed by atoms with Crippen molar-refractivity contribution in [1.29, 1.82) is 0 Å². The highest BCUT2D eigenvalue weighted by Gasteiger charge is 2.27. The molecule has 1 saturated heterocycles. The Morgan fingerprint density at radius 2 is 2.00 bits per heavy atom. The lowest BCUT2D eigenvalue weighted by Crippen LogP contribution is -2.44. The molecule has 2 aliphatic rings. The maximum absolute atomic E-state index is 11.9. The van der Waals surface area contributed by atoms with Crippen LogP contribution in [0.4, 0.5) is 4.79 Å². The zero-order valence-corrected chi connectivity index (χ0v) is 10.1. The second-order valence-corrected chi connectivity index (χ2v) is 4.88. The highest BCUT2D eigenvalue weighted by atomic mass is 16.5. The molecule has 0 aromatic carbocycles. The number of urea groups is 1. The Hall–Kier alpha value is -0.770. The summed E-state index contributed by atoms with van der Waals surface area (Å²) in [5.41, 5.74) is 0. The number of hydrogen-bond acceptors (Lipinski definition) is 2. The van der Waals surface area contributed by atoms with Crippen LogP contribution in [0.25, 0.3) is 0 Å². The average Bonchev–Trinajstić information content (AvgIpc) is 2.79. The monoisotopic (exact) mass is 226 g/mol. The third kappa shape index (κ3) is 2.88. The average molecular weight is 226 g/mol. The first kappa shape index (κ1) is 11.7. The maximum atomic E-state index is 11.9. The second-order valence-electron chi connectivity index (χ2n) is 4.88. The Kier molecular flexibility index (Phi) is 4.04. The fraction of sp³-hybridized carbons (Fsp3) is 0.917. The highest BCUT2D eigenvalue weighted by Crippen LogP contribution is 2.18. The molecule has 2 rings (SSSR count). The van der Waals surface area contributed by atoms with E-state index in [0.717, 1.165) is 32.4 Å². The van der Waals surface area contributed by atoms with Crippen molar-refractivity contribution in [3.63, 3.8) is 0 Å². The van der Waals surface area contributed by atoms with Crippen LogP contribution in [0.15, 0.2) is 0 Å². The Labute approximate surface area is 97.3 Å². The third-order valence-corrected chi connectivity index (χ3v) is 3.70. The SMILES string of the molecule is COC1CCN(C(=O)NC2CCCCC2)C1. The van der Waals surface area contributed by atoms with E-state index in [1.54, 1.807) is 7.11 Å². The molecule has 1 heterocycles. The molecule has 0 spiro atoms. The molecule has 0 bridgehead atoms. The number of methoxy groups -OCH3 is 1. The molecule has 16 heavy (non-hydrogen) atoms. The van der Waals surface area contributed by atoms with Crippen LogP contribution in [0.1, 0.15) is 38.5 Å². The second kappa shape index (κ2) is 5.53. The molecule has 2 amide bonds. The van der Waals surface area contributed by atoms with E-state index in [1.165, 1.54) is 19.3 Å². The van der Waals surface area contributed by atoms with Crippen molar-refractivity contribution < 1.29 is 9.53 Å².